The number of aliphatic hydroxyl groups is 1. The Morgan fingerprint density at radius 2 is 1.48 bits per heavy atom. The van der Waals surface area contributed by atoms with Gasteiger partial charge in [0.1, 0.15) is 11.6 Å². The largest absolute Gasteiger partial charge is 0.388 e. The van der Waals surface area contributed by atoms with E-state index in [1.807, 2.05) is 12.1 Å². The Kier molecular flexibility index (Phi) is 5.64. The summed E-state index contributed by atoms with van der Waals surface area (Å²) in [5.74, 6) is 0.180. The summed E-state index contributed by atoms with van der Waals surface area (Å²) in [5, 5.41) is 19.5. The van der Waals surface area contributed by atoms with Crippen LogP contribution in [0.1, 0.15) is 11.7 Å². The van der Waals surface area contributed by atoms with E-state index in [0.717, 1.165) is 5.56 Å². The first-order valence-corrected chi connectivity index (χ1v) is 9.78. The van der Waals surface area contributed by atoms with E-state index < -0.39 is 6.10 Å². The molecule has 2 heterocycles. The van der Waals surface area contributed by atoms with Crippen LogP contribution >= 0.6 is 11.8 Å². The molecule has 0 spiro atoms. The highest BCUT2D eigenvalue weighted by atomic mass is 32.2. The average Bonchev–Trinajstić information content (AvgIpc) is 3.17. The molecule has 0 aliphatic carbocycles. The van der Waals surface area contributed by atoms with Crippen LogP contribution in [-0.2, 0) is 0 Å². The molecule has 0 saturated heterocycles. The summed E-state index contributed by atoms with van der Waals surface area (Å²) in [6.45, 7) is 0. The summed E-state index contributed by atoms with van der Waals surface area (Å²) < 4.78 is 28.3. The van der Waals surface area contributed by atoms with Crippen LogP contribution in [0.3, 0.4) is 0 Å². The van der Waals surface area contributed by atoms with Crippen molar-refractivity contribution < 1.29 is 13.9 Å². The Morgan fingerprint density at radius 1 is 0.862 bits per heavy atom. The Bertz CT molecular complexity index is 1090. The number of aliphatic hydroxyl groups excluding tert-OH is 1. The zero-order valence-corrected chi connectivity index (χ0v) is 15.9. The van der Waals surface area contributed by atoms with Crippen LogP contribution in [0.25, 0.3) is 17.1 Å². The number of hydrogen-bond donors (Lipinski definition) is 1. The van der Waals surface area contributed by atoms with Crippen molar-refractivity contribution in [1.29, 1.82) is 0 Å². The Labute approximate surface area is 170 Å². The second kappa shape index (κ2) is 8.50. The SMILES string of the molecule is O[C@@H](CSc1nnc(-c2ccncc2)n1-c1ccc(F)cc1)c1ccc(F)cc1. The molecule has 4 rings (SSSR count). The molecule has 0 radical (unpaired) electrons. The molecule has 0 aliphatic rings. The molecule has 5 nitrogen and oxygen atoms in total. The van der Waals surface area contributed by atoms with Crippen molar-refractivity contribution in [1.82, 2.24) is 19.7 Å². The first-order chi connectivity index (χ1) is 14.1. The second-order valence-corrected chi connectivity index (χ2v) is 7.22. The minimum atomic E-state index is -0.802. The average molecular weight is 410 g/mol. The molecule has 1 N–H and O–H groups in total. The lowest BCUT2D eigenvalue weighted by Gasteiger charge is -2.13. The minimum absolute atomic E-state index is 0.293. The highest BCUT2D eigenvalue weighted by Crippen LogP contribution is 2.30. The van der Waals surface area contributed by atoms with Crippen LogP contribution in [0.4, 0.5) is 8.78 Å². The zero-order chi connectivity index (χ0) is 20.2. The van der Waals surface area contributed by atoms with Gasteiger partial charge in [-0.25, -0.2) is 8.78 Å². The number of aromatic nitrogens is 4. The standard InChI is InChI=1S/C21H16F2N4OS/c22-16-3-1-14(2-4-16)19(28)13-29-21-26-25-20(15-9-11-24-12-10-15)27(21)18-7-5-17(23)6-8-18/h1-12,19,28H,13H2/t19-/m0/s1. The number of pyridine rings is 1. The highest BCUT2D eigenvalue weighted by Gasteiger charge is 2.18. The van der Waals surface area contributed by atoms with Crippen molar-refractivity contribution in [2.24, 2.45) is 0 Å². The van der Waals surface area contributed by atoms with E-state index in [1.54, 1.807) is 41.2 Å². The van der Waals surface area contributed by atoms with Gasteiger partial charge in [-0.05, 0) is 54.1 Å². The molecule has 0 saturated carbocycles. The maximum absolute atomic E-state index is 13.4. The molecule has 2 aromatic heterocycles. The van der Waals surface area contributed by atoms with Crippen LogP contribution in [-0.4, -0.2) is 30.6 Å². The van der Waals surface area contributed by atoms with E-state index in [2.05, 4.69) is 15.2 Å². The maximum Gasteiger partial charge on any atom is 0.196 e. The van der Waals surface area contributed by atoms with Crippen molar-refractivity contribution in [3.8, 4) is 17.1 Å². The highest BCUT2D eigenvalue weighted by molar-refractivity contribution is 7.99. The summed E-state index contributed by atoms with van der Waals surface area (Å²) in [6.07, 6.45) is 2.51. The van der Waals surface area contributed by atoms with E-state index in [1.165, 1.54) is 36.0 Å². The zero-order valence-electron chi connectivity index (χ0n) is 15.1. The molecule has 0 aliphatic heterocycles. The molecule has 0 fully saturated rings. The number of benzene rings is 2. The van der Waals surface area contributed by atoms with Crippen molar-refractivity contribution in [3.05, 3.63) is 90.3 Å². The summed E-state index contributed by atoms with van der Waals surface area (Å²) in [5.41, 5.74) is 2.12. The first kappa shape index (κ1) is 19.2. The van der Waals surface area contributed by atoms with Gasteiger partial charge in [-0.1, -0.05) is 23.9 Å². The van der Waals surface area contributed by atoms with Crippen molar-refractivity contribution >= 4 is 11.8 Å². The monoisotopic (exact) mass is 410 g/mol. The van der Waals surface area contributed by atoms with Crippen LogP contribution in [0.5, 0.6) is 0 Å². The Morgan fingerprint density at radius 3 is 2.14 bits per heavy atom. The smallest absolute Gasteiger partial charge is 0.196 e. The van der Waals surface area contributed by atoms with Crippen LogP contribution < -0.4 is 0 Å². The van der Waals surface area contributed by atoms with E-state index in [0.29, 0.717) is 28.0 Å². The number of rotatable bonds is 6. The summed E-state index contributed by atoms with van der Waals surface area (Å²) in [4.78, 5) is 4.02. The molecule has 0 amide bonds. The number of halogens is 2. The number of thioether (sulfide) groups is 1. The van der Waals surface area contributed by atoms with Crippen molar-refractivity contribution in [3.63, 3.8) is 0 Å². The van der Waals surface area contributed by atoms with Gasteiger partial charge in [-0.2, -0.15) is 0 Å². The molecule has 0 bridgehead atoms. The van der Waals surface area contributed by atoms with E-state index in [9.17, 15) is 13.9 Å². The molecule has 29 heavy (non-hydrogen) atoms. The summed E-state index contributed by atoms with van der Waals surface area (Å²) in [7, 11) is 0. The molecule has 8 heteroatoms. The third kappa shape index (κ3) is 4.33. The second-order valence-electron chi connectivity index (χ2n) is 6.23. The van der Waals surface area contributed by atoms with Gasteiger partial charge in [0, 0.05) is 29.4 Å². The summed E-state index contributed by atoms with van der Waals surface area (Å²) in [6, 6.07) is 15.4. The molecule has 0 unspecified atom stereocenters. The summed E-state index contributed by atoms with van der Waals surface area (Å²) >= 11 is 1.30. The number of nitrogens with zero attached hydrogens (tertiary/aromatic N) is 4. The molecular weight excluding hydrogens is 394 g/mol. The fourth-order valence-electron chi connectivity index (χ4n) is 2.81. The predicted molar refractivity (Wildman–Crippen MR) is 107 cm³/mol. The van der Waals surface area contributed by atoms with E-state index >= 15 is 0 Å². The third-order valence-electron chi connectivity index (χ3n) is 4.28. The van der Waals surface area contributed by atoms with Crippen LogP contribution in [0.15, 0.2) is 78.2 Å². The van der Waals surface area contributed by atoms with Gasteiger partial charge in [0.15, 0.2) is 11.0 Å². The molecule has 1 atom stereocenters. The predicted octanol–water partition coefficient (Wildman–Crippen LogP) is 4.43. The van der Waals surface area contributed by atoms with E-state index in [-0.39, 0.29) is 11.6 Å². The van der Waals surface area contributed by atoms with Crippen LogP contribution in [0, 0.1) is 11.6 Å². The molecule has 4 aromatic rings. The van der Waals surface area contributed by atoms with Gasteiger partial charge >= 0.3 is 0 Å². The number of hydrogen-bond acceptors (Lipinski definition) is 5. The van der Waals surface area contributed by atoms with Gasteiger partial charge in [0.25, 0.3) is 0 Å². The lowest BCUT2D eigenvalue weighted by atomic mass is 10.1. The van der Waals surface area contributed by atoms with Gasteiger partial charge in [0.2, 0.25) is 0 Å². The molecular formula is C21H16F2N4OS. The molecule has 146 valence electrons. The van der Waals surface area contributed by atoms with Gasteiger partial charge in [-0.3, -0.25) is 9.55 Å². The normalized spacial score (nSPS) is 12.1. The lowest BCUT2D eigenvalue weighted by Crippen LogP contribution is -2.04. The maximum atomic E-state index is 13.4. The van der Waals surface area contributed by atoms with Crippen molar-refractivity contribution in [2.75, 3.05) is 5.75 Å². The third-order valence-corrected chi connectivity index (χ3v) is 5.29. The lowest BCUT2D eigenvalue weighted by molar-refractivity contribution is 0.204. The van der Waals surface area contributed by atoms with Gasteiger partial charge < -0.3 is 5.11 Å². The Hall–Kier alpha value is -3.10. The van der Waals surface area contributed by atoms with Gasteiger partial charge in [0.05, 0.1) is 6.10 Å². The fraction of sp³-hybridized carbons (Fsp3) is 0.0952. The Balaban J connectivity index is 1.65. The fourth-order valence-corrected chi connectivity index (χ4v) is 3.73. The van der Waals surface area contributed by atoms with Crippen molar-refractivity contribution in [2.45, 2.75) is 11.3 Å². The van der Waals surface area contributed by atoms with E-state index in [4.69, 9.17) is 0 Å². The first-order valence-electron chi connectivity index (χ1n) is 8.80. The van der Waals surface area contributed by atoms with Gasteiger partial charge in [-0.15, -0.1) is 10.2 Å². The topological polar surface area (TPSA) is 63.8 Å². The molecule has 2 aromatic carbocycles. The minimum Gasteiger partial charge on any atom is -0.388 e. The van der Waals surface area contributed by atoms with Crippen LogP contribution in [0.2, 0.25) is 0 Å². The quantitative estimate of drug-likeness (QED) is 0.477.